The van der Waals surface area contributed by atoms with E-state index in [9.17, 15) is 31.2 Å². The summed E-state index contributed by atoms with van der Waals surface area (Å²) in [6, 6.07) is 24.2. The van der Waals surface area contributed by atoms with Gasteiger partial charge in [-0.15, -0.1) is 0 Å². The van der Waals surface area contributed by atoms with Crippen molar-refractivity contribution in [2.45, 2.75) is 37.3 Å². The van der Waals surface area contributed by atoms with Crippen LogP contribution >= 0.6 is 0 Å². The molecule has 0 aliphatic carbocycles. The number of sulfonamides is 1. The van der Waals surface area contributed by atoms with Crippen molar-refractivity contribution in [3.8, 4) is 0 Å². The number of nitrogens with one attached hydrogen (secondary N) is 1. The van der Waals surface area contributed by atoms with E-state index in [4.69, 9.17) is 0 Å². The summed E-state index contributed by atoms with van der Waals surface area (Å²) in [6.07, 6.45) is -4.72. The van der Waals surface area contributed by atoms with Gasteiger partial charge in [0.25, 0.3) is 10.0 Å². The van der Waals surface area contributed by atoms with Gasteiger partial charge in [-0.05, 0) is 53.4 Å². The maximum Gasteiger partial charge on any atom is 0.416 e. The number of alkyl halides is 3. The lowest BCUT2D eigenvalue weighted by atomic mass is 9.86. The molecule has 0 heterocycles. The van der Waals surface area contributed by atoms with E-state index in [-0.39, 0.29) is 27.5 Å². The number of halogens is 3. The minimum absolute atomic E-state index is 0.0816. The molecular formula is C32H29F3N2O4S. The topological polar surface area (TPSA) is 83.6 Å². The Labute approximate surface area is 242 Å². The van der Waals surface area contributed by atoms with Crippen LogP contribution in [0.4, 0.5) is 24.5 Å². The molecule has 6 nitrogen and oxygen atoms in total. The number of carbonyl (C=O) groups excluding carboxylic acids is 2. The van der Waals surface area contributed by atoms with Crippen LogP contribution in [0.2, 0.25) is 0 Å². The number of ketones is 1. The molecule has 0 saturated carbocycles. The number of anilines is 2. The van der Waals surface area contributed by atoms with Crippen LogP contribution in [-0.2, 0) is 26.4 Å². The molecular weight excluding hydrogens is 565 g/mol. The van der Waals surface area contributed by atoms with Gasteiger partial charge >= 0.3 is 6.18 Å². The summed E-state index contributed by atoms with van der Waals surface area (Å²) in [5, 5.41) is 2.57. The van der Waals surface area contributed by atoms with Crippen LogP contribution in [0.3, 0.4) is 0 Å². The smallest absolute Gasteiger partial charge is 0.324 e. The molecule has 0 bridgehead atoms. The van der Waals surface area contributed by atoms with E-state index in [0.717, 1.165) is 17.7 Å². The van der Waals surface area contributed by atoms with Crippen LogP contribution in [0, 0.1) is 0 Å². The maximum atomic E-state index is 13.5. The van der Waals surface area contributed by atoms with Gasteiger partial charge < -0.3 is 5.32 Å². The number of hydrogen-bond acceptors (Lipinski definition) is 4. The van der Waals surface area contributed by atoms with Gasteiger partial charge in [-0.3, -0.25) is 13.9 Å². The second kappa shape index (κ2) is 11.8. The Morgan fingerprint density at radius 2 is 1.38 bits per heavy atom. The first-order chi connectivity index (χ1) is 19.7. The molecule has 1 N–H and O–H groups in total. The second-order valence-corrected chi connectivity index (χ2v) is 12.5. The molecule has 0 saturated heterocycles. The van der Waals surface area contributed by atoms with E-state index in [1.165, 1.54) is 42.5 Å². The molecule has 4 aromatic rings. The Kier molecular flexibility index (Phi) is 8.58. The fourth-order valence-corrected chi connectivity index (χ4v) is 5.66. The molecule has 10 heteroatoms. The van der Waals surface area contributed by atoms with E-state index < -0.39 is 34.2 Å². The molecule has 0 fully saturated rings. The van der Waals surface area contributed by atoms with Crippen LogP contribution in [0.5, 0.6) is 0 Å². The number of hydrogen-bond donors (Lipinski definition) is 1. The fraction of sp³-hybridized carbons (Fsp3) is 0.188. The molecule has 0 atom stereocenters. The van der Waals surface area contributed by atoms with Crippen molar-refractivity contribution in [2.24, 2.45) is 0 Å². The predicted octanol–water partition coefficient (Wildman–Crippen LogP) is 7.07. The number of carbonyl (C=O) groups is 2. The van der Waals surface area contributed by atoms with Gasteiger partial charge in [-0.2, -0.15) is 13.2 Å². The van der Waals surface area contributed by atoms with Gasteiger partial charge in [0.05, 0.1) is 16.1 Å². The first kappa shape index (κ1) is 30.5. The fourth-order valence-electron chi connectivity index (χ4n) is 4.23. The lowest BCUT2D eigenvalue weighted by Crippen LogP contribution is -2.38. The third-order valence-corrected chi connectivity index (χ3v) is 8.29. The van der Waals surface area contributed by atoms with Crippen molar-refractivity contribution in [2.75, 3.05) is 16.2 Å². The summed E-state index contributed by atoms with van der Waals surface area (Å²) in [5.41, 5.74) is 0.567. The normalized spacial score (nSPS) is 12.0. The van der Waals surface area contributed by atoms with Gasteiger partial charge in [0, 0.05) is 16.8 Å². The Balaban J connectivity index is 1.60. The van der Waals surface area contributed by atoms with Crippen molar-refractivity contribution in [3.05, 3.63) is 125 Å². The molecule has 4 aromatic carbocycles. The SMILES string of the molecule is CC(C)(C)c1ccc(C(=O)c2cccc(NC(=O)CN(c3cccc(C(F)(F)F)c3)S(=O)(=O)c3ccccc3)c2)cc1. The zero-order chi connectivity index (χ0) is 30.7. The highest BCUT2D eigenvalue weighted by atomic mass is 32.2. The third-order valence-electron chi connectivity index (χ3n) is 6.50. The second-order valence-electron chi connectivity index (χ2n) is 10.7. The van der Waals surface area contributed by atoms with Crippen molar-refractivity contribution < 1.29 is 31.2 Å². The van der Waals surface area contributed by atoms with E-state index in [2.05, 4.69) is 26.1 Å². The number of nitrogens with zero attached hydrogens (tertiary/aromatic N) is 1. The van der Waals surface area contributed by atoms with E-state index >= 15 is 0 Å². The summed E-state index contributed by atoms with van der Waals surface area (Å²) in [4.78, 5) is 26.0. The number of rotatable bonds is 8. The van der Waals surface area contributed by atoms with Crippen LogP contribution in [0.25, 0.3) is 0 Å². The minimum atomic E-state index is -4.72. The molecule has 4 rings (SSSR count). The minimum Gasteiger partial charge on any atom is -0.324 e. The van der Waals surface area contributed by atoms with Crippen LogP contribution in [0.1, 0.15) is 47.8 Å². The molecule has 0 aliphatic heterocycles. The third kappa shape index (κ3) is 7.06. The number of benzene rings is 4. The molecule has 1 amide bonds. The predicted molar refractivity (Wildman–Crippen MR) is 156 cm³/mol. The maximum absolute atomic E-state index is 13.5. The Morgan fingerprint density at radius 3 is 2.00 bits per heavy atom. The Hall–Kier alpha value is -4.44. The highest BCUT2D eigenvalue weighted by molar-refractivity contribution is 7.92. The van der Waals surface area contributed by atoms with Crippen molar-refractivity contribution in [1.82, 2.24) is 0 Å². The van der Waals surface area contributed by atoms with E-state index in [1.54, 1.807) is 30.3 Å². The first-order valence-corrected chi connectivity index (χ1v) is 14.4. The molecule has 0 radical (unpaired) electrons. The van der Waals surface area contributed by atoms with E-state index in [1.807, 2.05) is 12.1 Å². The standard InChI is InChI=1S/C32H29F3N2O4S/c1-31(2,3)24-17-15-22(16-18-24)30(39)23-9-7-11-26(19-23)36-29(38)21-37(42(40,41)28-13-5-4-6-14-28)27-12-8-10-25(20-27)32(33,34)35/h4-20H,21H2,1-3H3,(H,36,38). The molecule has 0 spiro atoms. The highest BCUT2D eigenvalue weighted by Crippen LogP contribution is 2.33. The average Bonchev–Trinajstić information content (AvgIpc) is 2.95. The summed E-state index contributed by atoms with van der Waals surface area (Å²) in [6.45, 7) is 5.38. The summed E-state index contributed by atoms with van der Waals surface area (Å²) >= 11 is 0. The monoisotopic (exact) mass is 594 g/mol. The lowest BCUT2D eigenvalue weighted by Gasteiger charge is -2.25. The van der Waals surface area contributed by atoms with Gasteiger partial charge in [0.15, 0.2) is 5.78 Å². The molecule has 218 valence electrons. The van der Waals surface area contributed by atoms with E-state index in [0.29, 0.717) is 21.5 Å². The Bertz CT molecular complexity index is 1700. The highest BCUT2D eigenvalue weighted by Gasteiger charge is 2.33. The van der Waals surface area contributed by atoms with Gasteiger partial charge in [0.1, 0.15) is 6.54 Å². The summed E-state index contributed by atoms with van der Waals surface area (Å²) in [5.74, 6) is -1.09. The zero-order valence-corrected chi connectivity index (χ0v) is 24.0. The quantitative estimate of drug-likeness (QED) is 0.221. The lowest BCUT2D eigenvalue weighted by molar-refractivity contribution is -0.137. The van der Waals surface area contributed by atoms with Crippen LogP contribution in [0.15, 0.2) is 108 Å². The first-order valence-electron chi connectivity index (χ1n) is 13.0. The van der Waals surface area contributed by atoms with Gasteiger partial charge in [-0.25, -0.2) is 8.42 Å². The zero-order valence-electron chi connectivity index (χ0n) is 23.1. The largest absolute Gasteiger partial charge is 0.416 e. The van der Waals surface area contributed by atoms with Gasteiger partial charge in [-0.1, -0.05) is 81.4 Å². The molecule has 0 unspecified atom stereocenters. The van der Waals surface area contributed by atoms with Crippen molar-refractivity contribution in [3.63, 3.8) is 0 Å². The Morgan fingerprint density at radius 1 is 0.738 bits per heavy atom. The summed E-state index contributed by atoms with van der Waals surface area (Å²) < 4.78 is 67.9. The summed E-state index contributed by atoms with van der Waals surface area (Å²) in [7, 11) is -4.42. The van der Waals surface area contributed by atoms with Crippen LogP contribution < -0.4 is 9.62 Å². The van der Waals surface area contributed by atoms with Crippen molar-refractivity contribution >= 4 is 33.1 Å². The average molecular weight is 595 g/mol. The molecule has 0 aromatic heterocycles. The van der Waals surface area contributed by atoms with Crippen LogP contribution in [-0.4, -0.2) is 26.7 Å². The molecule has 0 aliphatic rings. The van der Waals surface area contributed by atoms with Crippen molar-refractivity contribution in [1.29, 1.82) is 0 Å². The van der Waals surface area contributed by atoms with Gasteiger partial charge in [0.2, 0.25) is 5.91 Å². The molecule has 42 heavy (non-hydrogen) atoms. The number of amides is 1.